The maximum Gasteiger partial charge on any atom is -0.00232 e. The van der Waals surface area contributed by atoms with Gasteiger partial charge in [0.1, 0.15) is 0 Å². The molecule has 0 radical (unpaired) electrons. The zero-order valence-corrected chi connectivity index (χ0v) is 14.6. The van der Waals surface area contributed by atoms with E-state index < -0.39 is 0 Å². The summed E-state index contributed by atoms with van der Waals surface area (Å²) in [4.78, 5) is 1.57. The van der Waals surface area contributed by atoms with Gasteiger partial charge in [0, 0.05) is 0 Å². The van der Waals surface area contributed by atoms with Crippen molar-refractivity contribution in [1.29, 1.82) is 0 Å². The van der Waals surface area contributed by atoms with Gasteiger partial charge in [0.15, 0.2) is 0 Å². The molecule has 0 aliphatic rings. The molecule has 1 aromatic rings. The predicted octanol–water partition coefficient (Wildman–Crippen LogP) is 6.53. The van der Waals surface area contributed by atoms with Crippen LogP contribution in [0.25, 0.3) is 0 Å². The van der Waals surface area contributed by atoms with Gasteiger partial charge in [0.05, 0.1) is 0 Å². The topological polar surface area (TPSA) is 0 Å². The molecule has 0 heterocycles. The second-order valence-corrected chi connectivity index (χ2v) is 7.19. The van der Waals surface area contributed by atoms with Crippen LogP contribution in [0.3, 0.4) is 0 Å². The lowest BCUT2D eigenvalue weighted by Crippen LogP contribution is -1.88. The van der Waals surface area contributed by atoms with Crippen molar-refractivity contribution in [2.75, 3.05) is 11.5 Å². The first-order valence-corrected chi connectivity index (χ1v) is 9.87. The van der Waals surface area contributed by atoms with Gasteiger partial charge in [-0.15, -0.1) is 23.5 Å². The normalized spacial score (nSPS) is 11.8. The summed E-state index contributed by atoms with van der Waals surface area (Å²) in [5.74, 6) is 2.53. The quantitative estimate of drug-likeness (QED) is 0.426. The van der Waals surface area contributed by atoms with Gasteiger partial charge in [-0.1, -0.05) is 57.0 Å². The Morgan fingerprint density at radius 3 is 2.40 bits per heavy atom. The third-order valence-electron chi connectivity index (χ3n) is 3.12. The summed E-state index contributed by atoms with van der Waals surface area (Å²) in [7, 11) is 0. The summed E-state index contributed by atoms with van der Waals surface area (Å²) in [6.45, 7) is 4.53. The Morgan fingerprint density at radius 2 is 1.70 bits per heavy atom. The van der Waals surface area contributed by atoms with E-state index in [1.165, 1.54) is 55.6 Å². The lowest BCUT2D eigenvalue weighted by Gasteiger charge is -2.07. The van der Waals surface area contributed by atoms with Crippen molar-refractivity contribution < 1.29 is 0 Å². The number of aryl methyl sites for hydroxylation is 1. The van der Waals surface area contributed by atoms with E-state index in [2.05, 4.69) is 61.3 Å². The molecule has 2 heteroatoms. The average Bonchev–Trinajstić information content (AvgIpc) is 2.49. The van der Waals surface area contributed by atoms with E-state index in [-0.39, 0.29) is 0 Å². The molecule has 0 bridgehead atoms. The van der Waals surface area contributed by atoms with Crippen LogP contribution in [0.2, 0.25) is 0 Å². The number of thioether (sulfide) groups is 2. The van der Waals surface area contributed by atoms with E-state index in [1.54, 1.807) is 4.91 Å². The summed E-state index contributed by atoms with van der Waals surface area (Å²) in [6, 6.07) is 10.8. The first kappa shape index (κ1) is 17.7. The van der Waals surface area contributed by atoms with Crippen molar-refractivity contribution in [3.8, 4) is 0 Å². The van der Waals surface area contributed by atoms with Crippen LogP contribution in [0.1, 0.15) is 51.5 Å². The molecule has 0 spiro atoms. The van der Waals surface area contributed by atoms with Crippen LogP contribution in [0.15, 0.2) is 40.6 Å². The van der Waals surface area contributed by atoms with Crippen LogP contribution in [-0.4, -0.2) is 11.5 Å². The van der Waals surface area contributed by atoms with Gasteiger partial charge in [-0.3, -0.25) is 0 Å². The van der Waals surface area contributed by atoms with Crippen molar-refractivity contribution in [3.63, 3.8) is 0 Å². The Morgan fingerprint density at radius 1 is 1.00 bits per heavy atom. The molecule has 0 nitrogen and oxygen atoms in total. The number of hydrogen-bond acceptors (Lipinski definition) is 2. The third kappa shape index (κ3) is 8.76. The van der Waals surface area contributed by atoms with Gasteiger partial charge in [-0.2, -0.15) is 0 Å². The zero-order valence-electron chi connectivity index (χ0n) is 12.9. The minimum absolute atomic E-state index is 1.17. The molecule has 0 aliphatic heterocycles. The Kier molecular flexibility index (Phi) is 11.0. The van der Waals surface area contributed by atoms with E-state index in [0.29, 0.717) is 0 Å². The number of benzene rings is 1. The van der Waals surface area contributed by atoms with Crippen LogP contribution in [0, 0.1) is 0 Å². The highest BCUT2D eigenvalue weighted by Crippen LogP contribution is 2.26. The number of hydrogen-bond donors (Lipinski definition) is 0. The van der Waals surface area contributed by atoms with Gasteiger partial charge in [0.25, 0.3) is 0 Å². The molecule has 0 saturated carbocycles. The van der Waals surface area contributed by atoms with E-state index >= 15 is 0 Å². The summed E-state index contributed by atoms with van der Waals surface area (Å²) >= 11 is 4.06. The van der Waals surface area contributed by atoms with Crippen molar-refractivity contribution in [3.05, 3.63) is 46.2 Å². The van der Waals surface area contributed by atoms with Crippen LogP contribution in [0.5, 0.6) is 0 Å². The molecule has 20 heavy (non-hydrogen) atoms. The monoisotopic (exact) mass is 308 g/mol. The fourth-order valence-electron chi connectivity index (χ4n) is 1.80. The molecule has 0 N–H and O–H groups in total. The molecule has 112 valence electrons. The second kappa shape index (κ2) is 12.4. The number of allylic oxidation sites excluding steroid dienone is 1. The number of rotatable bonds is 11. The molecule has 1 aromatic carbocycles. The summed E-state index contributed by atoms with van der Waals surface area (Å²) in [5.41, 5.74) is 1.45. The maximum absolute atomic E-state index is 2.42. The molecule has 0 aliphatic carbocycles. The third-order valence-corrected chi connectivity index (χ3v) is 5.43. The molecule has 0 atom stereocenters. The number of unbranched alkanes of at least 4 members (excludes halogenated alkanes) is 2. The molecule has 0 amide bonds. The largest absolute Gasteiger partial charge is 0.133 e. The van der Waals surface area contributed by atoms with Gasteiger partial charge in [-0.25, -0.2) is 0 Å². The standard InChI is InChI=1S/C18H28S2/c1-3-5-14-19-16-18(20-15-6-4-2)13-12-17-10-8-7-9-11-17/h7-11,16H,3-6,12-15H2,1-2H3/b18-16-. The Bertz CT molecular complexity index is 357. The fourth-order valence-corrected chi connectivity index (χ4v) is 4.10. The Labute approximate surface area is 133 Å². The van der Waals surface area contributed by atoms with E-state index in [9.17, 15) is 0 Å². The van der Waals surface area contributed by atoms with E-state index in [4.69, 9.17) is 0 Å². The molecule has 0 aromatic heterocycles. The SMILES string of the molecule is CCCCS/C=C(/CCc1ccccc1)SCCCC. The second-order valence-electron chi connectivity index (χ2n) is 5.00. The molecule has 0 unspecified atom stereocenters. The van der Waals surface area contributed by atoms with Crippen molar-refractivity contribution in [2.24, 2.45) is 0 Å². The van der Waals surface area contributed by atoms with E-state index in [0.717, 1.165) is 0 Å². The Balaban J connectivity index is 2.39. The molecular formula is C18H28S2. The average molecular weight is 309 g/mol. The summed E-state index contributed by atoms with van der Waals surface area (Å²) in [5, 5.41) is 2.42. The van der Waals surface area contributed by atoms with Crippen molar-refractivity contribution >= 4 is 23.5 Å². The first-order valence-electron chi connectivity index (χ1n) is 7.84. The maximum atomic E-state index is 2.42. The van der Waals surface area contributed by atoms with E-state index in [1.807, 2.05) is 11.8 Å². The summed E-state index contributed by atoms with van der Waals surface area (Å²) < 4.78 is 0. The first-order chi connectivity index (χ1) is 9.86. The highest BCUT2D eigenvalue weighted by Gasteiger charge is 2.00. The Hall–Kier alpha value is -0.340. The zero-order chi connectivity index (χ0) is 14.5. The molecular weight excluding hydrogens is 280 g/mol. The van der Waals surface area contributed by atoms with Gasteiger partial charge in [-0.05, 0) is 53.1 Å². The molecule has 0 saturated heterocycles. The lowest BCUT2D eigenvalue weighted by atomic mass is 10.1. The van der Waals surface area contributed by atoms with Gasteiger partial charge >= 0.3 is 0 Å². The minimum Gasteiger partial charge on any atom is -0.133 e. The summed E-state index contributed by atoms with van der Waals surface area (Å²) in [6.07, 6.45) is 7.60. The highest BCUT2D eigenvalue weighted by atomic mass is 32.2. The molecule has 1 rings (SSSR count). The van der Waals surface area contributed by atoms with Crippen LogP contribution in [0.4, 0.5) is 0 Å². The lowest BCUT2D eigenvalue weighted by molar-refractivity contribution is 0.895. The van der Waals surface area contributed by atoms with Crippen molar-refractivity contribution in [2.45, 2.75) is 52.4 Å². The predicted molar refractivity (Wildman–Crippen MR) is 97.6 cm³/mol. The van der Waals surface area contributed by atoms with Gasteiger partial charge < -0.3 is 0 Å². The smallest absolute Gasteiger partial charge is 0.00232 e. The van der Waals surface area contributed by atoms with Crippen molar-refractivity contribution in [1.82, 2.24) is 0 Å². The van der Waals surface area contributed by atoms with Crippen LogP contribution < -0.4 is 0 Å². The van der Waals surface area contributed by atoms with Gasteiger partial charge in [0.2, 0.25) is 0 Å². The molecule has 0 fully saturated rings. The fraction of sp³-hybridized carbons (Fsp3) is 0.556. The van der Waals surface area contributed by atoms with Crippen LogP contribution in [-0.2, 0) is 6.42 Å². The van der Waals surface area contributed by atoms with Crippen LogP contribution >= 0.6 is 23.5 Å². The minimum atomic E-state index is 1.17. The highest BCUT2D eigenvalue weighted by molar-refractivity contribution is 8.06.